The van der Waals surface area contributed by atoms with E-state index in [9.17, 15) is 4.79 Å². The zero-order chi connectivity index (χ0) is 15.2. The highest BCUT2D eigenvalue weighted by molar-refractivity contribution is 5.90. The van der Waals surface area contributed by atoms with Crippen molar-refractivity contribution >= 4 is 11.6 Å². The van der Waals surface area contributed by atoms with Crippen LogP contribution in [-0.2, 0) is 17.8 Å². The van der Waals surface area contributed by atoms with Crippen molar-refractivity contribution < 1.29 is 9.36 Å². The molecule has 0 bridgehead atoms. The van der Waals surface area contributed by atoms with Crippen LogP contribution in [0.4, 0.5) is 5.69 Å². The molecule has 1 aromatic heterocycles. The first-order chi connectivity index (χ1) is 10.1. The van der Waals surface area contributed by atoms with Crippen molar-refractivity contribution in [1.82, 2.24) is 0 Å². The molecular weight excluding hydrogens is 260 g/mol. The monoisotopic (exact) mass is 283 g/mol. The summed E-state index contributed by atoms with van der Waals surface area (Å²) in [6.45, 7) is 6.57. The average Bonchev–Trinajstić information content (AvgIpc) is 2.46. The minimum atomic E-state index is -0.00283. The summed E-state index contributed by atoms with van der Waals surface area (Å²) in [7, 11) is 0. The molecule has 2 aromatic rings. The number of aromatic nitrogens is 1. The van der Waals surface area contributed by atoms with Crippen molar-refractivity contribution in [2.75, 3.05) is 5.32 Å². The summed E-state index contributed by atoms with van der Waals surface area (Å²) >= 11 is 0. The van der Waals surface area contributed by atoms with Crippen LogP contribution in [0.5, 0.6) is 0 Å². The molecule has 1 aromatic carbocycles. The molecule has 2 rings (SSSR count). The Morgan fingerprint density at radius 3 is 2.52 bits per heavy atom. The maximum atomic E-state index is 12.1. The molecule has 0 aliphatic carbocycles. The Hall–Kier alpha value is -2.16. The molecule has 0 fully saturated rings. The van der Waals surface area contributed by atoms with E-state index in [1.165, 1.54) is 11.1 Å². The molecule has 3 heteroatoms. The van der Waals surface area contributed by atoms with Gasteiger partial charge in [-0.1, -0.05) is 25.5 Å². The summed E-state index contributed by atoms with van der Waals surface area (Å²) in [5, 5.41) is 2.98. The molecule has 1 heterocycles. The highest BCUT2D eigenvalue weighted by Gasteiger charge is 2.11. The second-order valence-electron chi connectivity index (χ2n) is 5.42. The van der Waals surface area contributed by atoms with E-state index in [1.807, 2.05) is 49.0 Å². The number of benzene rings is 1. The lowest BCUT2D eigenvalue weighted by atomic mass is 10.1. The Morgan fingerprint density at radius 2 is 1.86 bits per heavy atom. The maximum Gasteiger partial charge on any atom is 0.290 e. The highest BCUT2D eigenvalue weighted by atomic mass is 16.1. The topological polar surface area (TPSA) is 33.0 Å². The predicted octanol–water partition coefficient (Wildman–Crippen LogP) is 3.18. The fraction of sp³-hybridized carbons (Fsp3) is 0.333. The lowest BCUT2D eigenvalue weighted by Gasteiger charge is -2.09. The number of carbonyl (C=O) groups excluding carboxylic acids is 1. The summed E-state index contributed by atoms with van der Waals surface area (Å²) in [6.07, 6.45) is 6.15. The minimum absolute atomic E-state index is 0.00283. The first kappa shape index (κ1) is 15.2. The van der Waals surface area contributed by atoms with Gasteiger partial charge < -0.3 is 5.32 Å². The maximum absolute atomic E-state index is 12.1. The molecule has 21 heavy (non-hydrogen) atoms. The Bertz CT molecular complexity index is 618. The molecule has 0 unspecified atom stereocenters. The molecule has 0 saturated heterocycles. The lowest BCUT2D eigenvalue weighted by Crippen LogP contribution is -2.39. The summed E-state index contributed by atoms with van der Waals surface area (Å²) in [5.74, 6) is -0.00283. The van der Waals surface area contributed by atoms with Gasteiger partial charge in [0.25, 0.3) is 5.91 Å². The van der Waals surface area contributed by atoms with Crippen molar-refractivity contribution in [1.29, 1.82) is 0 Å². The number of amides is 1. The average molecular weight is 283 g/mol. The van der Waals surface area contributed by atoms with Crippen LogP contribution in [-0.4, -0.2) is 5.91 Å². The van der Waals surface area contributed by atoms with E-state index in [1.54, 1.807) is 0 Å². The van der Waals surface area contributed by atoms with Crippen LogP contribution in [0.2, 0.25) is 0 Å². The summed E-state index contributed by atoms with van der Waals surface area (Å²) in [5.41, 5.74) is 4.51. The van der Waals surface area contributed by atoms with Crippen LogP contribution < -0.4 is 9.88 Å². The largest absolute Gasteiger partial charge is 0.320 e. The molecule has 0 radical (unpaired) electrons. The van der Waals surface area contributed by atoms with Gasteiger partial charge in [-0.25, -0.2) is 0 Å². The molecule has 0 atom stereocenters. The second kappa shape index (κ2) is 7.02. The molecule has 1 N–H and O–H groups in total. The minimum Gasteiger partial charge on any atom is -0.320 e. The van der Waals surface area contributed by atoms with Gasteiger partial charge in [0, 0.05) is 17.8 Å². The van der Waals surface area contributed by atoms with E-state index >= 15 is 0 Å². The van der Waals surface area contributed by atoms with E-state index in [4.69, 9.17) is 0 Å². The van der Waals surface area contributed by atoms with Crippen LogP contribution in [0.15, 0.2) is 42.7 Å². The molecule has 0 saturated carbocycles. The first-order valence-corrected chi connectivity index (χ1v) is 7.44. The number of aryl methyl sites for hydroxylation is 2. The SMILES string of the molecule is CCCc1cc[n+](CC(=O)Nc2cccc(C)c2C)cc1. The van der Waals surface area contributed by atoms with Gasteiger partial charge in [0.15, 0.2) is 12.4 Å². The van der Waals surface area contributed by atoms with Crippen LogP contribution in [0.3, 0.4) is 0 Å². The lowest BCUT2D eigenvalue weighted by molar-refractivity contribution is -0.684. The predicted molar refractivity (Wildman–Crippen MR) is 85.2 cm³/mol. The van der Waals surface area contributed by atoms with E-state index in [2.05, 4.69) is 24.4 Å². The first-order valence-electron chi connectivity index (χ1n) is 7.44. The summed E-state index contributed by atoms with van der Waals surface area (Å²) in [6, 6.07) is 10.1. The molecule has 110 valence electrons. The van der Waals surface area contributed by atoms with Crippen molar-refractivity contribution in [2.45, 2.75) is 40.2 Å². The Labute approximate surface area is 126 Å². The smallest absolute Gasteiger partial charge is 0.290 e. The van der Waals surface area contributed by atoms with Crippen LogP contribution in [0.1, 0.15) is 30.0 Å². The van der Waals surface area contributed by atoms with E-state index in [-0.39, 0.29) is 5.91 Å². The zero-order valence-electron chi connectivity index (χ0n) is 13.0. The number of anilines is 1. The van der Waals surface area contributed by atoms with Gasteiger partial charge in [0.2, 0.25) is 6.54 Å². The van der Waals surface area contributed by atoms with Gasteiger partial charge in [-0.15, -0.1) is 0 Å². The van der Waals surface area contributed by atoms with Gasteiger partial charge >= 0.3 is 0 Å². The number of rotatable bonds is 5. The number of pyridine rings is 1. The van der Waals surface area contributed by atoms with Gasteiger partial charge in [-0.2, -0.15) is 4.57 Å². The van der Waals surface area contributed by atoms with Crippen molar-refractivity contribution in [3.05, 3.63) is 59.4 Å². The van der Waals surface area contributed by atoms with E-state index < -0.39 is 0 Å². The molecule has 1 amide bonds. The number of nitrogens with one attached hydrogen (secondary N) is 1. The van der Waals surface area contributed by atoms with Gasteiger partial charge in [-0.05, 0) is 43.0 Å². The molecule has 3 nitrogen and oxygen atoms in total. The highest BCUT2D eigenvalue weighted by Crippen LogP contribution is 2.17. The van der Waals surface area contributed by atoms with Gasteiger partial charge in [0.05, 0.1) is 0 Å². The standard InChI is InChI=1S/C18H22N2O/c1-4-6-16-9-11-20(12-10-16)13-18(21)19-17-8-5-7-14(2)15(17)3/h5,7-12H,4,6,13H2,1-3H3/p+1. The molecular formula is C18H23N2O+. The number of hydrogen-bond donors (Lipinski definition) is 1. The van der Waals surface area contributed by atoms with Crippen LogP contribution >= 0.6 is 0 Å². The number of nitrogens with zero attached hydrogens (tertiary/aromatic N) is 1. The van der Waals surface area contributed by atoms with Crippen molar-refractivity contribution in [3.63, 3.8) is 0 Å². The summed E-state index contributed by atoms with van der Waals surface area (Å²) in [4.78, 5) is 12.1. The Kier molecular flexibility index (Phi) is 5.09. The second-order valence-corrected chi connectivity index (χ2v) is 5.42. The van der Waals surface area contributed by atoms with Crippen molar-refractivity contribution in [3.8, 4) is 0 Å². The van der Waals surface area contributed by atoms with Crippen LogP contribution in [0.25, 0.3) is 0 Å². The van der Waals surface area contributed by atoms with Crippen molar-refractivity contribution in [2.24, 2.45) is 0 Å². The molecule has 0 aliphatic rings. The zero-order valence-corrected chi connectivity index (χ0v) is 13.0. The van der Waals surface area contributed by atoms with Gasteiger partial charge in [-0.3, -0.25) is 4.79 Å². The van der Waals surface area contributed by atoms with E-state index in [0.717, 1.165) is 24.1 Å². The fourth-order valence-electron chi connectivity index (χ4n) is 2.29. The third-order valence-electron chi connectivity index (χ3n) is 3.70. The fourth-order valence-corrected chi connectivity index (χ4v) is 2.29. The molecule has 0 aliphatic heterocycles. The Morgan fingerprint density at radius 1 is 1.14 bits per heavy atom. The number of carbonyl (C=O) groups is 1. The third kappa shape index (κ3) is 4.15. The normalized spacial score (nSPS) is 10.4. The molecule has 0 spiro atoms. The Balaban J connectivity index is 1.99. The summed E-state index contributed by atoms with van der Waals surface area (Å²) < 4.78 is 1.90. The van der Waals surface area contributed by atoms with E-state index in [0.29, 0.717) is 6.54 Å². The third-order valence-corrected chi connectivity index (χ3v) is 3.70. The number of hydrogen-bond acceptors (Lipinski definition) is 1. The van der Waals surface area contributed by atoms with Gasteiger partial charge in [0.1, 0.15) is 0 Å². The van der Waals surface area contributed by atoms with Crippen LogP contribution in [0, 0.1) is 13.8 Å². The quantitative estimate of drug-likeness (QED) is 0.840.